The van der Waals surface area contributed by atoms with Crippen molar-refractivity contribution < 1.29 is 9.59 Å². The maximum Gasteiger partial charge on any atom is 0.240 e. The third-order valence-electron chi connectivity index (χ3n) is 1.88. The van der Waals surface area contributed by atoms with E-state index in [1.807, 2.05) is 0 Å². The van der Waals surface area contributed by atoms with Crippen LogP contribution >= 0.6 is 0 Å². The number of nitrogens with two attached hydrogens (primary N) is 1. The van der Waals surface area contributed by atoms with Crippen molar-refractivity contribution in [3.8, 4) is 0 Å². The Hall–Kier alpha value is -1.75. The lowest BCUT2D eigenvalue weighted by Crippen LogP contribution is -2.49. The third-order valence-corrected chi connectivity index (χ3v) is 1.88. The molecule has 2 amide bonds. The van der Waals surface area contributed by atoms with E-state index in [2.05, 4.69) is 15.3 Å². The van der Waals surface area contributed by atoms with Crippen LogP contribution in [-0.2, 0) is 9.59 Å². The number of azide groups is 1. The van der Waals surface area contributed by atoms with E-state index in [1.54, 1.807) is 13.8 Å². The van der Waals surface area contributed by atoms with Crippen molar-refractivity contribution in [1.82, 2.24) is 5.32 Å². The first-order valence-corrected chi connectivity index (χ1v) is 4.54. The van der Waals surface area contributed by atoms with Crippen molar-refractivity contribution in [2.24, 2.45) is 16.8 Å². The van der Waals surface area contributed by atoms with Gasteiger partial charge in [0.25, 0.3) is 0 Å². The Morgan fingerprint density at radius 2 is 1.93 bits per heavy atom. The lowest BCUT2D eigenvalue weighted by Gasteiger charge is -2.19. The Bertz CT molecular complexity index is 295. The smallest absolute Gasteiger partial charge is 0.240 e. The fourth-order valence-electron chi connectivity index (χ4n) is 0.970. The predicted molar refractivity (Wildman–Crippen MR) is 54.6 cm³/mol. The normalized spacial score (nSPS) is 13.9. The molecular formula is C8H15N5O2. The quantitative estimate of drug-likeness (QED) is 0.388. The van der Waals surface area contributed by atoms with Crippen LogP contribution in [-0.4, -0.2) is 23.9 Å². The zero-order valence-electron chi connectivity index (χ0n) is 8.97. The van der Waals surface area contributed by atoms with Crippen molar-refractivity contribution in [3.63, 3.8) is 0 Å². The SMILES string of the molecule is CC(C)[C@H](NC(=O)[C@@H](C)N=[N+]=[N-])C(N)=O. The maximum absolute atomic E-state index is 11.4. The summed E-state index contributed by atoms with van der Waals surface area (Å²) in [5.41, 5.74) is 13.2. The van der Waals surface area contributed by atoms with E-state index in [9.17, 15) is 9.59 Å². The molecule has 0 aliphatic carbocycles. The van der Waals surface area contributed by atoms with Crippen LogP contribution in [0, 0.1) is 5.92 Å². The van der Waals surface area contributed by atoms with Crippen molar-refractivity contribution in [3.05, 3.63) is 10.4 Å². The fraction of sp³-hybridized carbons (Fsp3) is 0.750. The summed E-state index contributed by atoms with van der Waals surface area (Å²) in [6.07, 6.45) is 0. The molecule has 7 nitrogen and oxygen atoms in total. The van der Waals surface area contributed by atoms with E-state index in [0.29, 0.717) is 0 Å². The minimum absolute atomic E-state index is 0.107. The van der Waals surface area contributed by atoms with Gasteiger partial charge >= 0.3 is 0 Å². The van der Waals surface area contributed by atoms with Crippen molar-refractivity contribution in [1.29, 1.82) is 0 Å². The Morgan fingerprint density at radius 3 is 2.27 bits per heavy atom. The summed E-state index contributed by atoms with van der Waals surface area (Å²) >= 11 is 0. The van der Waals surface area contributed by atoms with E-state index in [4.69, 9.17) is 11.3 Å². The van der Waals surface area contributed by atoms with Gasteiger partial charge in [0, 0.05) is 4.91 Å². The Balaban J connectivity index is 4.48. The Labute approximate surface area is 87.6 Å². The van der Waals surface area contributed by atoms with E-state index < -0.39 is 23.9 Å². The summed E-state index contributed by atoms with van der Waals surface area (Å²) in [5, 5.41) is 5.63. The number of carbonyl (C=O) groups excluding carboxylic acids is 2. The second-order valence-corrected chi connectivity index (χ2v) is 3.51. The summed E-state index contributed by atoms with van der Waals surface area (Å²) in [7, 11) is 0. The molecule has 7 heteroatoms. The van der Waals surface area contributed by atoms with E-state index in [1.165, 1.54) is 6.92 Å². The molecule has 2 atom stereocenters. The number of hydrogen-bond acceptors (Lipinski definition) is 3. The molecule has 0 rings (SSSR count). The van der Waals surface area contributed by atoms with Crippen molar-refractivity contribution >= 4 is 11.8 Å². The van der Waals surface area contributed by atoms with Crippen LogP contribution in [0.25, 0.3) is 10.4 Å². The van der Waals surface area contributed by atoms with Crippen LogP contribution in [0.5, 0.6) is 0 Å². The van der Waals surface area contributed by atoms with Gasteiger partial charge in [-0.3, -0.25) is 9.59 Å². The first-order chi connectivity index (χ1) is 6.90. The van der Waals surface area contributed by atoms with Crippen LogP contribution < -0.4 is 11.1 Å². The highest BCUT2D eigenvalue weighted by atomic mass is 16.2. The molecule has 0 fully saturated rings. The highest BCUT2D eigenvalue weighted by Crippen LogP contribution is 2.02. The van der Waals surface area contributed by atoms with Crippen molar-refractivity contribution in [2.45, 2.75) is 32.9 Å². The van der Waals surface area contributed by atoms with Gasteiger partial charge in [0.05, 0.1) is 0 Å². The topological polar surface area (TPSA) is 121 Å². The maximum atomic E-state index is 11.4. The molecule has 3 N–H and O–H groups in total. The second kappa shape index (κ2) is 5.87. The molecule has 0 aromatic rings. The molecule has 0 radical (unpaired) electrons. The molecule has 15 heavy (non-hydrogen) atoms. The van der Waals surface area contributed by atoms with Gasteiger partial charge < -0.3 is 11.1 Å². The Morgan fingerprint density at radius 1 is 1.40 bits per heavy atom. The summed E-state index contributed by atoms with van der Waals surface area (Å²) in [5.74, 6) is -1.22. The average Bonchev–Trinajstić information content (AvgIpc) is 2.12. The summed E-state index contributed by atoms with van der Waals surface area (Å²) in [6.45, 7) is 4.95. The van der Waals surface area contributed by atoms with Gasteiger partial charge in [0.2, 0.25) is 11.8 Å². The number of hydrogen-bond donors (Lipinski definition) is 2. The summed E-state index contributed by atoms with van der Waals surface area (Å²) < 4.78 is 0. The number of nitrogens with one attached hydrogen (secondary N) is 1. The molecule has 0 aromatic carbocycles. The van der Waals surface area contributed by atoms with Crippen LogP contribution in [0.3, 0.4) is 0 Å². The first-order valence-electron chi connectivity index (χ1n) is 4.54. The molecular weight excluding hydrogens is 198 g/mol. The predicted octanol–water partition coefficient (Wildman–Crippen LogP) is 0.311. The number of nitrogens with zero attached hydrogens (tertiary/aromatic N) is 3. The average molecular weight is 213 g/mol. The number of primary amides is 1. The van der Waals surface area contributed by atoms with Gasteiger partial charge in [-0.15, -0.1) is 0 Å². The molecule has 0 unspecified atom stereocenters. The largest absolute Gasteiger partial charge is 0.368 e. The molecule has 0 heterocycles. The standard InChI is InChI=1S/C8H15N5O2/c1-4(2)6(7(9)14)11-8(15)5(3)12-13-10/h4-6H,1-3H3,(H2,9,14)(H,11,15)/t5-,6+/m1/s1. The minimum Gasteiger partial charge on any atom is -0.368 e. The van der Waals surface area contributed by atoms with Crippen molar-refractivity contribution in [2.75, 3.05) is 0 Å². The molecule has 0 bridgehead atoms. The van der Waals surface area contributed by atoms with Gasteiger partial charge in [0.1, 0.15) is 12.1 Å². The zero-order valence-corrected chi connectivity index (χ0v) is 8.97. The van der Waals surface area contributed by atoms with E-state index in [-0.39, 0.29) is 5.92 Å². The lowest BCUT2D eigenvalue weighted by molar-refractivity contribution is -0.128. The molecule has 0 saturated carbocycles. The molecule has 84 valence electrons. The number of carbonyl (C=O) groups is 2. The highest BCUT2D eigenvalue weighted by Gasteiger charge is 2.23. The molecule has 0 aliphatic heterocycles. The second-order valence-electron chi connectivity index (χ2n) is 3.51. The fourth-order valence-corrected chi connectivity index (χ4v) is 0.970. The minimum atomic E-state index is -0.851. The van der Waals surface area contributed by atoms with Crippen LogP contribution in [0.1, 0.15) is 20.8 Å². The van der Waals surface area contributed by atoms with Gasteiger partial charge in [-0.25, -0.2) is 0 Å². The number of amides is 2. The highest BCUT2D eigenvalue weighted by molar-refractivity contribution is 5.89. The van der Waals surface area contributed by atoms with Gasteiger partial charge in [-0.05, 0) is 18.4 Å². The van der Waals surface area contributed by atoms with Gasteiger partial charge in [-0.2, -0.15) is 0 Å². The summed E-state index contributed by atoms with van der Waals surface area (Å²) in [4.78, 5) is 24.8. The summed E-state index contributed by atoms with van der Waals surface area (Å²) in [6, 6.07) is -1.59. The van der Waals surface area contributed by atoms with E-state index >= 15 is 0 Å². The number of rotatable bonds is 5. The van der Waals surface area contributed by atoms with Gasteiger partial charge in [0.15, 0.2) is 0 Å². The lowest BCUT2D eigenvalue weighted by atomic mass is 10.0. The van der Waals surface area contributed by atoms with Crippen LogP contribution in [0.4, 0.5) is 0 Å². The molecule has 0 aromatic heterocycles. The van der Waals surface area contributed by atoms with Crippen LogP contribution in [0.2, 0.25) is 0 Å². The molecule has 0 aliphatic rings. The zero-order chi connectivity index (χ0) is 12.0. The third kappa shape index (κ3) is 4.33. The van der Waals surface area contributed by atoms with Gasteiger partial charge in [-0.1, -0.05) is 19.0 Å². The molecule has 0 saturated heterocycles. The van der Waals surface area contributed by atoms with Crippen LogP contribution in [0.15, 0.2) is 5.11 Å². The van der Waals surface area contributed by atoms with E-state index in [0.717, 1.165) is 0 Å². The first kappa shape index (κ1) is 13.2. The molecule has 0 spiro atoms. The monoisotopic (exact) mass is 213 g/mol. The Kier molecular flexibility index (Phi) is 5.19.